The zero-order valence-electron chi connectivity index (χ0n) is 17.2. The van der Waals surface area contributed by atoms with Crippen molar-refractivity contribution in [3.05, 3.63) is 59.7 Å². The SMILES string of the molecule is CCOc1ccc(C(=O)CCC(=O)Nc2ccc(CC(=O)NC(C)C)cc2)cc1. The minimum Gasteiger partial charge on any atom is -0.494 e. The van der Waals surface area contributed by atoms with Gasteiger partial charge in [0, 0.05) is 30.1 Å². The molecular formula is C23H28N2O4. The fraction of sp³-hybridized carbons (Fsp3) is 0.348. The summed E-state index contributed by atoms with van der Waals surface area (Å²) < 4.78 is 5.35. The topological polar surface area (TPSA) is 84.5 Å². The molecule has 0 aliphatic heterocycles. The van der Waals surface area contributed by atoms with E-state index in [2.05, 4.69) is 10.6 Å². The Labute approximate surface area is 171 Å². The minimum atomic E-state index is -0.227. The third kappa shape index (κ3) is 7.78. The summed E-state index contributed by atoms with van der Waals surface area (Å²) in [7, 11) is 0. The molecule has 0 atom stereocenters. The highest BCUT2D eigenvalue weighted by molar-refractivity contribution is 6.00. The highest BCUT2D eigenvalue weighted by Gasteiger charge is 2.10. The quantitative estimate of drug-likeness (QED) is 0.599. The van der Waals surface area contributed by atoms with Crippen molar-refractivity contribution in [1.82, 2.24) is 5.32 Å². The molecule has 2 N–H and O–H groups in total. The molecule has 0 heterocycles. The van der Waals surface area contributed by atoms with E-state index in [0.29, 0.717) is 30.0 Å². The van der Waals surface area contributed by atoms with E-state index in [-0.39, 0.29) is 36.5 Å². The van der Waals surface area contributed by atoms with E-state index in [1.807, 2.05) is 20.8 Å². The van der Waals surface area contributed by atoms with Crippen LogP contribution in [0.4, 0.5) is 5.69 Å². The number of Topliss-reactive ketones (excluding diaryl/α,β-unsaturated/α-hetero) is 1. The standard InChI is InChI=1S/C23H28N2O4/c1-4-29-20-11-7-18(8-12-20)21(26)13-14-22(27)25-19-9-5-17(6-10-19)15-23(28)24-16(2)3/h5-12,16H,4,13-15H2,1-3H3,(H,24,28)(H,25,27). The van der Waals surface area contributed by atoms with Gasteiger partial charge >= 0.3 is 0 Å². The molecule has 0 unspecified atom stereocenters. The van der Waals surface area contributed by atoms with Crippen molar-refractivity contribution in [3.8, 4) is 5.75 Å². The van der Waals surface area contributed by atoms with E-state index in [4.69, 9.17) is 4.74 Å². The Morgan fingerprint density at radius 3 is 2.14 bits per heavy atom. The Morgan fingerprint density at radius 2 is 1.55 bits per heavy atom. The Kier molecular flexibility index (Phi) is 8.40. The largest absolute Gasteiger partial charge is 0.494 e. The predicted molar refractivity (Wildman–Crippen MR) is 113 cm³/mol. The van der Waals surface area contributed by atoms with Gasteiger partial charge in [-0.3, -0.25) is 14.4 Å². The van der Waals surface area contributed by atoms with Crippen molar-refractivity contribution in [2.45, 2.75) is 46.1 Å². The van der Waals surface area contributed by atoms with Crippen LogP contribution in [0, 0.1) is 0 Å². The summed E-state index contributed by atoms with van der Waals surface area (Å²) in [6.45, 7) is 6.29. The first kappa shape index (κ1) is 22.1. The Bertz CT molecular complexity index is 827. The fourth-order valence-electron chi connectivity index (χ4n) is 2.76. The van der Waals surface area contributed by atoms with Gasteiger partial charge in [-0.25, -0.2) is 0 Å². The van der Waals surface area contributed by atoms with Gasteiger partial charge in [-0.2, -0.15) is 0 Å². The monoisotopic (exact) mass is 396 g/mol. The number of amides is 2. The molecule has 0 saturated carbocycles. The molecule has 0 fully saturated rings. The summed E-state index contributed by atoms with van der Waals surface area (Å²) in [4.78, 5) is 36.1. The van der Waals surface area contributed by atoms with E-state index in [1.165, 1.54) is 0 Å². The van der Waals surface area contributed by atoms with Crippen LogP contribution >= 0.6 is 0 Å². The first-order valence-corrected chi connectivity index (χ1v) is 9.81. The van der Waals surface area contributed by atoms with Crippen molar-refractivity contribution in [3.63, 3.8) is 0 Å². The minimum absolute atomic E-state index is 0.0374. The maximum absolute atomic E-state index is 12.2. The smallest absolute Gasteiger partial charge is 0.224 e. The van der Waals surface area contributed by atoms with E-state index in [0.717, 1.165) is 5.56 Å². The summed E-state index contributed by atoms with van der Waals surface area (Å²) in [5.74, 6) is 0.362. The molecule has 2 amide bonds. The molecule has 0 bridgehead atoms. The summed E-state index contributed by atoms with van der Waals surface area (Å²) in [6.07, 6.45) is 0.529. The fourth-order valence-corrected chi connectivity index (χ4v) is 2.76. The van der Waals surface area contributed by atoms with Crippen LogP contribution in [0.1, 0.15) is 49.5 Å². The van der Waals surface area contributed by atoms with Crippen LogP contribution in [0.15, 0.2) is 48.5 Å². The van der Waals surface area contributed by atoms with Gasteiger partial charge in [-0.05, 0) is 62.7 Å². The molecule has 2 aromatic carbocycles. The number of hydrogen-bond acceptors (Lipinski definition) is 4. The van der Waals surface area contributed by atoms with Gasteiger partial charge < -0.3 is 15.4 Å². The average Bonchev–Trinajstić information content (AvgIpc) is 2.68. The molecule has 6 nitrogen and oxygen atoms in total. The van der Waals surface area contributed by atoms with E-state index in [9.17, 15) is 14.4 Å². The van der Waals surface area contributed by atoms with E-state index >= 15 is 0 Å². The predicted octanol–water partition coefficient (Wildman–Crippen LogP) is 3.75. The number of rotatable bonds is 10. The van der Waals surface area contributed by atoms with Crippen molar-refractivity contribution in [2.24, 2.45) is 0 Å². The molecule has 6 heteroatoms. The Balaban J connectivity index is 1.79. The summed E-state index contributed by atoms with van der Waals surface area (Å²) >= 11 is 0. The lowest BCUT2D eigenvalue weighted by Gasteiger charge is -2.09. The summed E-state index contributed by atoms with van der Waals surface area (Å²) in [5, 5.41) is 5.62. The first-order chi connectivity index (χ1) is 13.9. The van der Waals surface area contributed by atoms with Gasteiger partial charge in [0.2, 0.25) is 11.8 Å². The van der Waals surface area contributed by atoms with Gasteiger partial charge in [-0.15, -0.1) is 0 Å². The average molecular weight is 396 g/mol. The second-order valence-corrected chi connectivity index (χ2v) is 7.02. The number of carbonyl (C=O) groups is 3. The lowest BCUT2D eigenvalue weighted by atomic mass is 10.1. The third-order valence-corrected chi connectivity index (χ3v) is 4.12. The van der Waals surface area contributed by atoms with Crippen molar-refractivity contribution in [1.29, 1.82) is 0 Å². The first-order valence-electron chi connectivity index (χ1n) is 9.81. The Hall–Kier alpha value is -3.15. The van der Waals surface area contributed by atoms with Crippen LogP contribution in [0.5, 0.6) is 5.75 Å². The number of nitrogens with one attached hydrogen (secondary N) is 2. The lowest BCUT2D eigenvalue weighted by molar-refractivity contribution is -0.121. The molecule has 154 valence electrons. The number of carbonyl (C=O) groups excluding carboxylic acids is 3. The van der Waals surface area contributed by atoms with Gasteiger partial charge in [0.1, 0.15) is 5.75 Å². The van der Waals surface area contributed by atoms with Gasteiger partial charge in [-0.1, -0.05) is 12.1 Å². The molecule has 29 heavy (non-hydrogen) atoms. The highest BCUT2D eigenvalue weighted by Crippen LogP contribution is 2.15. The van der Waals surface area contributed by atoms with Crippen LogP contribution in [0.3, 0.4) is 0 Å². The van der Waals surface area contributed by atoms with Crippen molar-refractivity contribution in [2.75, 3.05) is 11.9 Å². The second kappa shape index (κ2) is 11.0. The zero-order chi connectivity index (χ0) is 21.2. The summed E-state index contributed by atoms with van der Waals surface area (Å²) in [6, 6.07) is 14.1. The highest BCUT2D eigenvalue weighted by atomic mass is 16.5. The third-order valence-electron chi connectivity index (χ3n) is 4.12. The second-order valence-electron chi connectivity index (χ2n) is 7.02. The van der Waals surface area contributed by atoms with Crippen LogP contribution in [-0.4, -0.2) is 30.2 Å². The van der Waals surface area contributed by atoms with E-state index in [1.54, 1.807) is 48.5 Å². The molecule has 0 aliphatic rings. The van der Waals surface area contributed by atoms with E-state index < -0.39 is 0 Å². The molecule has 0 saturated heterocycles. The van der Waals surface area contributed by atoms with Crippen molar-refractivity contribution >= 4 is 23.3 Å². The lowest BCUT2D eigenvalue weighted by Crippen LogP contribution is -2.31. The number of hydrogen-bond donors (Lipinski definition) is 2. The molecular weight excluding hydrogens is 368 g/mol. The number of anilines is 1. The molecule has 0 aliphatic carbocycles. The van der Waals surface area contributed by atoms with Gasteiger partial charge in [0.15, 0.2) is 5.78 Å². The van der Waals surface area contributed by atoms with Crippen molar-refractivity contribution < 1.29 is 19.1 Å². The molecule has 0 spiro atoms. The zero-order valence-corrected chi connectivity index (χ0v) is 17.2. The molecule has 0 radical (unpaired) electrons. The Morgan fingerprint density at radius 1 is 0.897 bits per heavy atom. The maximum Gasteiger partial charge on any atom is 0.224 e. The van der Waals surface area contributed by atoms with Gasteiger partial charge in [0.25, 0.3) is 0 Å². The normalized spacial score (nSPS) is 10.5. The number of ketones is 1. The number of ether oxygens (including phenoxy) is 1. The van der Waals surface area contributed by atoms with Crippen LogP contribution in [-0.2, 0) is 16.0 Å². The van der Waals surface area contributed by atoms with Crippen LogP contribution < -0.4 is 15.4 Å². The van der Waals surface area contributed by atoms with Crippen LogP contribution in [0.2, 0.25) is 0 Å². The molecule has 2 aromatic rings. The molecule has 2 rings (SSSR count). The summed E-state index contributed by atoms with van der Waals surface area (Å²) in [5.41, 5.74) is 2.06. The number of benzene rings is 2. The van der Waals surface area contributed by atoms with Gasteiger partial charge in [0.05, 0.1) is 13.0 Å². The van der Waals surface area contributed by atoms with Crippen LogP contribution in [0.25, 0.3) is 0 Å². The molecule has 0 aromatic heterocycles. The maximum atomic E-state index is 12.2.